The summed E-state index contributed by atoms with van der Waals surface area (Å²) in [6, 6.07) is 10.0. The molecule has 4 N–H and O–H groups in total. The maximum Gasteiger partial charge on any atom is 0.317 e. The number of amides is 3. The first kappa shape index (κ1) is 22.4. The van der Waals surface area contributed by atoms with Gasteiger partial charge in [0, 0.05) is 48.5 Å². The van der Waals surface area contributed by atoms with Crippen LogP contribution in [0.3, 0.4) is 0 Å². The molecule has 32 heavy (non-hydrogen) atoms. The van der Waals surface area contributed by atoms with Crippen molar-refractivity contribution >= 4 is 23.7 Å². The first-order valence-corrected chi connectivity index (χ1v) is 11.6. The van der Waals surface area contributed by atoms with Gasteiger partial charge in [0.15, 0.2) is 0 Å². The number of carbonyl (C=O) groups is 2. The van der Waals surface area contributed by atoms with Crippen molar-refractivity contribution in [3.63, 3.8) is 0 Å². The van der Waals surface area contributed by atoms with Crippen LogP contribution in [0.2, 0.25) is 0 Å². The van der Waals surface area contributed by atoms with E-state index in [1.54, 1.807) is 4.90 Å². The van der Waals surface area contributed by atoms with Crippen LogP contribution in [0.5, 0.6) is 5.75 Å². The molecule has 170 valence electrons. The third kappa shape index (κ3) is 4.68. The second-order valence-electron chi connectivity index (χ2n) is 8.62. The van der Waals surface area contributed by atoms with E-state index in [4.69, 9.17) is 10.6 Å². The molecule has 2 aliphatic heterocycles. The molecule has 1 fully saturated rings. The van der Waals surface area contributed by atoms with E-state index in [2.05, 4.69) is 37.4 Å². The van der Waals surface area contributed by atoms with Crippen molar-refractivity contribution in [2.45, 2.75) is 37.7 Å². The van der Waals surface area contributed by atoms with Gasteiger partial charge >= 0.3 is 6.03 Å². The standard InChI is InChI=1S/C23H27FN4O3S/c1-23(2)11-15-4-3-5-17(20(15)31-23)19-13-28(8-9-32-19)22(30)26-12-16-7-6-14(10-18(16)24)21(29)27-25/h3-7,10,19H,8-9,11-13,25H2,1-2H3,(H,26,30)(H,27,29). The molecule has 2 heterocycles. The molecule has 1 unspecified atom stereocenters. The largest absolute Gasteiger partial charge is 0.487 e. The van der Waals surface area contributed by atoms with E-state index in [1.807, 2.05) is 17.2 Å². The monoisotopic (exact) mass is 458 g/mol. The molecule has 2 aromatic carbocycles. The van der Waals surface area contributed by atoms with Gasteiger partial charge < -0.3 is 15.0 Å². The Balaban J connectivity index is 1.40. The maximum atomic E-state index is 14.3. The summed E-state index contributed by atoms with van der Waals surface area (Å²) in [6.45, 7) is 5.36. The zero-order valence-electron chi connectivity index (χ0n) is 18.1. The molecule has 0 saturated carbocycles. The van der Waals surface area contributed by atoms with Crippen molar-refractivity contribution < 1.29 is 18.7 Å². The van der Waals surface area contributed by atoms with Gasteiger partial charge in [-0.2, -0.15) is 0 Å². The number of nitrogen functional groups attached to an aromatic ring is 1. The summed E-state index contributed by atoms with van der Waals surface area (Å²) < 4.78 is 20.5. The van der Waals surface area contributed by atoms with Crippen molar-refractivity contribution in [1.29, 1.82) is 0 Å². The molecule has 1 atom stereocenters. The molecule has 2 aromatic rings. The van der Waals surface area contributed by atoms with Gasteiger partial charge in [-0.25, -0.2) is 15.0 Å². The lowest BCUT2D eigenvalue weighted by Crippen LogP contribution is -2.45. The molecule has 0 spiro atoms. The van der Waals surface area contributed by atoms with Gasteiger partial charge in [0.1, 0.15) is 17.2 Å². The Kier molecular flexibility index (Phi) is 6.30. The molecule has 0 aromatic heterocycles. The number of para-hydroxylation sites is 1. The lowest BCUT2D eigenvalue weighted by molar-refractivity contribution is 0.0953. The highest BCUT2D eigenvalue weighted by Crippen LogP contribution is 2.44. The zero-order chi connectivity index (χ0) is 22.9. The number of urea groups is 1. The summed E-state index contributed by atoms with van der Waals surface area (Å²) in [4.78, 5) is 26.1. The Labute approximate surface area is 190 Å². The van der Waals surface area contributed by atoms with Crippen LogP contribution >= 0.6 is 11.8 Å². The van der Waals surface area contributed by atoms with Gasteiger partial charge in [0.05, 0.1) is 5.25 Å². The zero-order valence-corrected chi connectivity index (χ0v) is 18.9. The van der Waals surface area contributed by atoms with E-state index in [1.165, 1.54) is 17.7 Å². The number of halogens is 1. The number of hydrazine groups is 1. The first-order valence-electron chi connectivity index (χ1n) is 10.5. The van der Waals surface area contributed by atoms with Crippen molar-refractivity contribution in [1.82, 2.24) is 15.6 Å². The average molecular weight is 459 g/mol. The summed E-state index contributed by atoms with van der Waals surface area (Å²) in [7, 11) is 0. The van der Waals surface area contributed by atoms with Gasteiger partial charge in [-0.15, -0.1) is 11.8 Å². The van der Waals surface area contributed by atoms with E-state index in [-0.39, 0.29) is 29.0 Å². The predicted molar refractivity (Wildman–Crippen MR) is 122 cm³/mol. The van der Waals surface area contributed by atoms with Crippen LogP contribution < -0.4 is 21.3 Å². The highest BCUT2D eigenvalue weighted by molar-refractivity contribution is 7.99. The van der Waals surface area contributed by atoms with Crippen LogP contribution in [0.1, 0.15) is 46.1 Å². The highest BCUT2D eigenvalue weighted by Gasteiger charge is 2.35. The molecule has 0 bridgehead atoms. The van der Waals surface area contributed by atoms with Gasteiger partial charge in [0.25, 0.3) is 5.91 Å². The predicted octanol–water partition coefficient (Wildman–Crippen LogP) is 3.14. The number of fused-ring (bicyclic) bond motifs is 1. The van der Waals surface area contributed by atoms with Crippen molar-refractivity contribution in [2.75, 3.05) is 18.8 Å². The van der Waals surface area contributed by atoms with Gasteiger partial charge in [-0.1, -0.05) is 24.3 Å². The van der Waals surface area contributed by atoms with E-state index < -0.39 is 11.7 Å². The quantitative estimate of drug-likeness (QED) is 0.372. The third-order valence-electron chi connectivity index (χ3n) is 5.70. The second kappa shape index (κ2) is 8.99. The Morgan fingerprint density at radius 1 is 1.31 bits per heavy atom. The Morgan fingerprint density at radius 2 is 2.12 bits per heavy atom. The number of carbonyl (C=O) groups excluding carboxylic acids is 2. The van der Waals surface area contributed by atoms with Crippen LogP contribution in [-0.2, 0) is 13.0 Å². The fourth-order valence-electron chi connectivity index (χ4n) is 4.11. The average Bonchev–Trinajstić information content (AvgIpc) is 3.11. The van der Waals surface area contributed by atoms with Crippen LogP contribution in [0, 0.1) is 5.82 Å². The molecule has 0 radical (unpaired) electrons. The summed E-state index contributed by atoms with van der Waals surface area (Å²) in [5, 5.41) is 2.91. The topological polar surface area (TPSA) is 96.7 Å². The van der Waals surface area contributed by atoms with E-state index >= 15 is 0 Å². The third-order valence-corrected chi connectivity index (χ3v) is 6.92. The minimum absolute atomic E-state index is 0.0293. The maximum absolute atomic E-state index is 14.3. The molecular formula is C23H27FN4O3S. The molecule has 9 heteroatoms. The lowest BCUT2D eigenvalue weighted by atomic mass is 9.99. The van der Waals surface area contributed by atoms with E-state index in [9.17, 15) is 14.0 Å². The number of nitrogens with one attached hydrogen (secondary N) is 2. The van der Waals surface area contributed by atoms with Gasteiger partial charge in [0.2, 0.25) is 0 Å². The minimum atomic E-state index is -0.573. The Morgan fingerprint density at radius 3 is 2.88 bits per heavy atom. The van der Waals surface area contributed by atoms with E-state index in [0.29, 0.717) is 18.7 Å². The normalized spacial score (nSPS) is 19.1. The summed E-state index contributed by atoms with van der Waals surface area (Å²) >= 11 is 1.82. The number of thioether (sulfide) groups is 1. The van der Waals surface area contributed by atoms with Crippen LogP contribution in [-0.4, -0.2) is 41.3 Å². The number of hydrogen-bond donors (Lipinski definition) is 3. The molecule has 7 nitrogen and oxygen atoms in total. The molecule has 0 aliphatic carbocycles. The second-order valence-corrected chi connectivity index (χ2v) is 9.93. The number of hydrogen-bond acceptors (Lipinski definition) is 5. The number of rotatable bonds is 4. The fourth-order valence-corrected chi connectivity index (χ4v) is 5.37. The molecule has 3 amide bonds. The van der Waals surface area contributed by atoms with Gasteiger partial charge in [-0.05, 0) is 31.5 Å². The van der Waals surface area contributed by atoms with Crippen LogP contribution in [0.25, 0.3) is 0 Å². The number of benzene rings is 2. The van der Waals surface area contributed by atoms with Crippen LogP contribution in [0.4, 0.5) is 9.18 Å². The Bertz CT molecular complexity index is 1050. The minimum Gasteiger partial charge on any atom is -0.487 e. The van der Waals surface area contributed by atoms with Crippen molar-refractivity contribution in [3.05, 3.63) is 64.5 Å². The molecule has 1 saturated heterocycles. The SMILES string of the molecule is CC1(C)Cc2cccc(C3CN(C(=O)NCc4ccc(C(=O)NN)cc4F)CCS3)c2O1. The number of ether oxygens (including phenoxy) is 1. The number of nitrogens with zero attached hydrogens (tertiary/aromatic N) is 1. The summed E-state index contributed by atoms with van der Waals surface area (Å²) in [5.74, 6) is 5.68. The fraction of sp³-hybridized carbons (Fsp3) is 0.391. The summed E-state index contributed by atoms with van der Waals surface area (Å²) in [5.41, 5.74) is 4.49. The lowest BCUT2D eigenvalue weighted by Gasteiger charge is -2.33. The molecular weight excluding hydrogens is 431 g/mol. The van der Waals surface area contributed by atoms with Crippen molar-refractivity contribution in [2.24, 2.45) is 5.84 Å². The molecule has 2 aliphatic rings. The molecule has 4 rings (SSSR count). The van der Waals surface area contributed by atoms with Crippen molar-refractivity contribution in [3.8, 4) is 5.75 Å². The van der Waals surface area contributed by atoms with E-state index in [0.717, 1.165) is 29.6 Å². The van der Waals surface area contributed by atoms with Crippen LogP contribution in [0.15, 0.2) is 36.4 Å². The Hall–Kier alpha value is -2.78. The highest BCUT2D eigenvalue weighted by atomic mass is 32.2. The number of nitrogens with two attached hydrogens (primary N) is 1. The first-order chi connectivity index (χ1) is 15.3. The summed E-state index contributed by atoms with van der Waals surface area (Å²) in [6.07, 6.45) is 0.870. The van der Waals surface area contributed by atoms with Gasteiger partial charge in [-0.3, -0.25) is 10.2 Å². The smallest absolute Gasteiger partial charge is 0.317 e.